The van der Waals surface area contributed by atoms with E-state index in [4.69, 9.17) is 9.84 Å². The van der Waals surface area contributed by atoms with Crippen molar-refractivity contribution in [1.82, 2.24) is 10.2 Å². The number of ether oxygens (including phenoxy) is 1. The summed E-state index contributed by atoms with van der Waals surface area (Å²) in [5.41, 5.74) is 0. The molecule has 0 aromatic carbocycles. The maximum Gasteiger partial charge on any atom is 0.0697 e. The van der Waals surface area contributed by atoms with Gasteiger partial charge in [0.1, 0.15) is 0 Å². The van der Waals surface area contributed by atoms with Crippen LogP contribution in [-0.4, -0.2) is 61.5 Å². The number of piperidine rings is 1. The molecule has 2 N–H and O–H groups in total. The molecule has 102 valence electrons. The molecule has 4 heteroatoms. The van der Waals surface area contributed by atoms with Gasteiger partial charge in [0.15, 0.2) is 0 Å². The Morgan fingerprint density at radius 2 is 2.00 bits per heavy atom. The highest BCUT2D eigenvalue weighted by Crippen LogP contribution is 2.12. The third kappa shape index (κ3) is 6.36. The van der Waals surface area contributed by atoms with E-state index < -0.39 is 0 Å². The van der Waals surface area contributed by atoms with E-state index in [0.29, 0.717) is 18.7 Å². The van der Waals surface area contributed by atoms with Gasteiger partial charge in [0, 0.05) is 18.7 Å². The summed E-state index contributed by atoms with van der Waals surface area (Å²) in [5.74, 6) is 0. The Morgan fingerprint density at radius 1 is 1.29 bits per heavy atom. The second-order valence-corrected chi connectivity index (χ2v) is 5.05. The van der Waals surface area contributed by atoms with Gasteiger partial charge < -0.3 is 20.1 Å². The molecular formula is C13H28N2O2. The molecule has 1 aliphatic heterocycles. The molecule has 1 fully saturated rings. The van der Waals surface area contributed by atoms with Crippen LogP contribution < -0.4 is 5.32 Å². The molecule has 4 nitrogen and oxygen atoms in total. The van der Waals surface area contributed by atoms with Crippen LogP contribution in [-0.2, 0) is 4.74 Å². The lowest BCUT2D eigenvalue weighted by Gasteiger charge is -2.35. The van der Waals surface area contributed by atoms with E-state index in [1.165, 1.54) is 25.9 Å². The smallest absolute Gasteiger partial charge is 0.0697 e. The largest absolute Gasteiger partial charge is 0.394 e. The highest BCUT2D eigenvalue weighted by molar-refractivity contribution is 4.78. The van der Waals surface area contributed by atoms with Gasteiger partial charge in [-0.1, -0.05) is 0 Å². The van der Waals surface area contributed by atoms with Crippen LogP contribution in [0.15, 0.2) is 0 Å². The quantitative estimate of drug-likeness (QED) is 0.621. The highest BCUT2D eigenvalue weighted by Gasteiger charge is 2.19. The topological polar surface area (TPSA) is 44.7 Å². The minimum absolute atomic E-state index is 0.126. The number of hydrogen-bond acceptors (Lipinski definition) is 4. The van der Waals surface area contributed by atoms with Gasteiger partial charge in [0.2, 0.25) is 0 Å². The SMILES string of the molecule is CC(C)N1CCC(NCCCOCCO)CC1. The van der Waals surface area contributed by atoms with Gasteiger partial charge in [-0.15, -0.1) is 0 Å². The van der Waals surface area contributed by atoms with E-state index in [9.17, 15) is 0 Å². The lowest BCUT2D eigenvalue weighted by Crippen LogP contribution is -2.45. The molecule has 0 bridgehead atoms. The first-order chi connectivity index (χ1) is 8.24. The number of aliphatic hydroxyl groups excluding tert-OH is 1. The van der Waals surface area contributed by atoms with Crippen LogP contribution in [0.4, 0.5) is 0 Å². The summed E-state index contributed by atoms with van der Waals surface area (Å²) >= 11 is 0. The zero-order chi connectivity index (χ0) is 12.5. The molecule has 1 saturated heterocycles. The highest BCUT2D eigenvalue weighted by atomic mass is 16.5. The molecule has 1 aliphatic rings. The minimum Gasteiger partial charge on any atom is -0.394 e. The molecule has 1 rings (SSSR count). The van der Waals surface area contributed by atoms with Crippen molar-refractivity contribution in [1.29, 1.82) is 0 Å². The zero-order valence-corrected chi connectivity index (χ0v) is 11.3. The Kier molecular flexibility index (Phi) is 7.77. The standard InChI is InChI=1S/C13H28N2O2/c1-12(2)15-7-4-13(5-8-15)14-6-3-10-17-11-9-16/h12-14,16H,3-11H2,1-2H3. The van der Waals surface area contributed by atoms with Crippen LogP contribution in [0.1, 0.15) is 33.1 Å². The predicted octanol–water partition coefficient (Wildman–Crippen LogP) is 0.848. The van der Waals surface area contributed by atoms with E-state index in [-0.39, 0.29) is 6.61 Å². The fourth-order valence-corrected chi connectivity index (χ4v) is 2.27. The van der Waals surface area contributed by atoms with E-state index in [1.54, 1.807) is 0 Å². The molecule has 0 unspecified atom stereocenters. The van der Waals surface area contributed by atoms with Gasteiger partial charge in [-0.05, 0) is 52.7 Å². The number of likely N-dealkylation sites (tertiary alicyclic amines) is 1. The Morgan fingerprint density at radius 3 is 2.59 bits per heavy atom. The normalized spacial score (nSPS) is 19.1. The summed E-state index contributed by atoms with van der Waals surface area (Å²) in [6, 6.07) is 1.37. The number of hydrogen-bond donors (Lipinski definition) is 2. The molecule has 0 aromatic rings. The van der Waals surface area contributed by atoms with Crippen LogP contribution in [0.5, 0.6) is 0 Å². The Labute approximate surface area is 105 Å². The van der Waals surface area contributed by atoms with E-state index in [0.717, 1.165) is 19.6 Å². The van der Waals surface area contributed by atoms with Crippen molar-refractivity contribution < 1.29 is 9.84 Å². The van der Waals surface area contributed by atoms with Crippen molar-refractivity contribution in [3.63, 3.8) is 0 Å². The van der Waals surface area contributed by atoms with E-state index in [2.05, 4.69) is 24.1 Å². The van der Waals surface area contributed by atoms with Crippen molar-refractivity contribution in [2.75, 3.05) is 39.5 Å². The summed E-state index contributed by atoms with van der Waals surface area (Å²) < 4.78 is 5.22. The zero-order valence-electron chi connectivity index (χ0n) is 11.3. The van der Waals surface area contributed by atoms with Crippen LogP contribution in [0.25, 0.3) is 0 Å². The molecule has 0 spiro atoms. The molecule has 0 aliphatic carbocycles. The summed E-state index contributed by atoms with van der Waals surface area (Å²) in [4.78, 5) is 2.54. The summed E-state index contributed by atoms with van der Waals surface area (Å²) in [6.45, 7) is 9.34. The maximum absolute atomic E-state index is 8.55. The van der Waals surface area contributed by atoms with Gasteiger partial charge in [-0.25, -0.2) is 0 Å². The first kappa shape index (κ1) is 14.9. The van der Waals surface area contributed by atoms with E-state index in [1.807, 2.05) is 0 Å². The molecule has 0 amide bonds. The van der Waals surface area contributed by atoms with Gasteiger partial charge in [0.05, 0.1) is 13.2 Å². The maximum atomic E-state index is 8.55. The number of nitrogens with zero attached hydrogens (tertiary/aromatic N) is 1. The molecule has 0 aromatic heterocycles. The number of aliphatic hydroxyl groups is 1. The van der Waals surface area contributed by atoms with Crippen molar-refractivity contribution in [2.45, 2.75) is 45.2 Å². The average Bonchev–Trinajstić information content (AvgIpc) is 2.34. The Hall–Kier alpha value is -0.160. The summed E-state index contributed by atoms with van der Waals surface area (Å²) in [7, 11) is 0. The monoisotopic (exact) mass is 244 g/mol. The molecule has 0 saturated carbocycles. The molecular weight excluding hydrogens is 216 g/mol. The molecule has 17 heavy (non-hydrogen) atoms. The number of nitrogens with one attached hydrogen (secondary N) is 1. The predicted molar refractivity (Wildman–Crippen MR) is 70.3 cm³/mol. The molecule has 1 heterocycles. The van der Waals surface area contributed by atoms with Gasteiger partial charge in [0.25, 0.3) is 0 Å². The van der Waals surface area contributed by atoms with Crippen LogP contribution >= 0.6 is 0 Å². The fraction of sp³-hybridized carbons (Fsp3) is 1.00. The van der Waals surface area contributed by atoms with Crippen molar-refractivity contribution in [2.24, 2.45) is 0 Å². The number of rotatable bonds is 8. The minimum atomic E-state index is 0.126. The van der Waals surface area contributed by atoms with Gasteiger partial charge >= 0.3 is 0 Å². The van der Waals surface area contributed by atoms with Gasteiger partial charge in [-0.3, -0.25) is 0 Å². The van der Waals surface area contributed by atoms with Crippen LogP contribution in [0.2, 0.25) is 0 Å². The van der Waals surface area contributed by atoms with Crippen LogP contribution in [0, 0.1) is 0 Å². The van der Waals surface area contributed by atoms with Crippen molar-refractivity contribution in [3.8, 4) is 0 Å². The lowest BCUT2D eigenvalue weighted by molar-refractivity contribution is 0.0895. The summed E-state index contributed by atoms with van der Waals surface area (Å²) in [6.07, 6.45) is 3.55. The third-order valence-electron chi connectivity index (χ3n) is 3.39. The second kappa shape index (κ2) is 8.86. The fourth-order valence-electron chi connectivity index (χ4n) is 2.27. The second-order valence-electron chi connectivity index (χ2n) is 5.05. The first-order valence-corrected chi connectivity index (χ1v) is 6.90. The third-order valence-corrected chi connectivity index (χ3v) is 3.39. The summed E-state index contributed by atoms with van der Waals surface area (Å²) in [5, 5.41) is 12.1. The van der Waals surface area contributed by atoms with E-state index >= 15 is 0 Å². The molecule has 0 radical (unpaired) electrons. The lowest BCUT2D eigenvalue weighted by atomic mass is 10.0. The van der Waals surface area contributed by atoms with Gasteiger partial charge in [-0.2, -0.15) is 0 Å². The average molecular weight is 244 g/mol. The molecule has 0 atom stereocenters. The van der Waals surface area contributed by atoms with Crippen molar-refractivity contribution in [3.05, 3.63) is 0 Å². The Bertz CT molecular complexity index is 180. The first-order valence-electron chi connectivity index (χ1n) is 6.90. The van der Waals surface area contributed by atoms with Crippen molar-refractivity contribution >= 4 is 0 Å². The Balaban J connectivity index is 1.95. The van der Waals surface area contributed by atoms with Crippen LogP contribution in [0.3, 0.4) is 0 Å².